The quantitative estimate of drug-likeness (QED) is 0.833. The average molecular weight is 275 g/mol. The van der Waals surface area contributed by atoms with Crippen LogP contribution in [0.3, 0.4) is 0 Å². The van der Waals surface area contributed by atoms with Crippen LogP contribution < -0.4 is 5.32 Å². The highest BCUT2D eigenvalue weighted by Crippen LogP contribution is 2.10. The van der Waals surface area contributed by atoms with Gasteiger partial charge in [0, 0.05) is 19.3 Å². The van der Waals surface area contributed by atoms with E-state index >= 15 is 0 Å². The molecule has 0 saturated heterocycles. The van der Waals surface area contributed by atoms with Gasteiger partial charge in [-0.3, -0.25) is 4.79 Å². The second-order valence-corrected chi connectivity index (χ2v) is 4.10. The molecule has 20 heavy (non-hydrogen) atoms. The Kier molecular flexibility index (Phi) is 6.04. The SMILES string of the molecule is CCOC(=O)CCN(C)C(=O)Nc1cccc(C#N)c1. The molecule has 0 saturated carbocycles. The summed E-state index contributed by atoms with van der Waals surface area (Å²) in [5.41, 5.74) is 1.01. The molecule has 0 heterocycles. The summed E-state index contributed by atoms with van der Waals surface area (Å²) in [6, 6.07) is 8.27. The third kappa shape index (κ3) is 4.98. The van der Waals surface area contributed by atoms with Crippen LogP contribution in [0, 0.1) is 11.3 Å². The highest BCUT2D eigenvalue weighted by molar-refractivity contribution is 5.89. The summed E-state index contributed by atoms with van der Waals surface area (Å²) in [4.78, 5) is 24.4. The van der Waals surface area contributed by atoms with Crippen molar-refractivity contribution < 1.29 is 14.3 Å². The number of carbonyl (C=O) groups excluding carboxylic acids is 2. The first-order valence-electron chi connectivity index (χ1n) is 6.24. The smallest absolute Gasteiger partial charge is 0.321 e. The van der Waals surface area contributed by atoms with Crippen molar-refractivity contribution in [3.63, 3.8) is 0 Å². The summed E-state index contributed by atoms with van der Waals surface area (Å²) in [7, 11) is 1.59. The predicted octanol–water partition coefficient (Wildman–Crippen LogP) is 1.98. The lowest BCUT2D eigenvalue weighted by Gasteiger charge is -2.17. The second-order valence-electron chi connectivity index (χ2n) is 4.10. The molecule has 0 aromatic heterocycles. The highest BCUT2D eigenvalue weighted by atomic mass is 16.5. The molecule has 0 radical (unpaired) electrons. The lowest BCUT2D eigenvalue weighted by Crippen LogP contribution is -2.33. The summed E-state index contributed by atoms with van der Waals surface area (Å²) in [5.74, 6) is -0.335. The minimum atomic E-state index is -0.343. The third-order valence-electron chi connectivity index (χ3n) is 2.55. The molecule has 2 amide bonds. The number of rotatable bonds is 5. The summed E-state index contributed by atoms with van der Waals surface area (Å²) < 4.78 is 4.79. The van der Waals surface area contributed by atoms with Crippen LogP contribution in [0.5, 0.6) is 0 Å². The number of urea groups is 1. The second kappa shape index (κ2) is 7.79. The van der Waals surface area contributed by atoms with Gasteiger partial charge in [0.1, 0.15) is 0 Å². The van der Waals surface area contributed by atoms with Crippen molar-refractivity contribution in [1.29, 1.82) is 5.26 Å². The molecular weight excluding hydrogens is 258 g/mol. The minimum absolute atomic E-state index is 0.149. The molecule has 6 heteroatoms. The molecule has 0 bridgehead atoms. The molecule has 0 aliphatic carbocycles. The number of nitrogens with one attached hydrogen (secondary N) is 1. The maximum atomic E-state index is 11.9. The Bertz CT molecular complexity index is 523. The average Bonchev–Trinajstić information content (AvgIpc) is 2.45. The van der Waals surface area contributed by atoms with Gasteiger partial charge < -0.3 is 15.0 Å². The molecule has 0 atom stereocenters. The van der Waals surface area contributed by atoms with E-state index in [9.17, 15) is 9.59 Å². The van der Waals surface area contributed by atoms with E-state index in [1.54, 1.807) is 38.2 Å². The number of carbonyl (C=O) groups is 2. The zero-order chi connectivity index (χ0) is 15.0. The normalized spacial score (nSPS) is 9.45. The Morgan fingerprint density at radius 1 is 1.45 bits per heavy atom. The molecule has 6 nitrogen and oxygen atoms in total. The van der Waals surface area contributed by atoms with Crippen LogP contribution in [-0.4, -0.2) is 37.1 Å². The number of hydrogen-bond acceptors (Lipinski definition) is 4. The van der Waals surface area contributed by atoms with Gasteiger partial charge in [0.15, 0.2) is 0 Å². The van der Waals surface area contributed by atoms with Crippen molar-refractivity contribution in [2.24, 2.45) is 0 Å². The summed E-state index contributed by atoms with van der Waals surface area (Å²) in [5, 5.41) is 11.4. The van der Waals surface area contributed by atoms with Gasteiger partial charge in [-0.05, 0) is 25.1 Å². The monoisotopic (exact) mass is 275 g/mol. The largest absolute Gasteiger partial charge is 0.466 e. The van der Waals surface area contributed by atoms with E-state index in [1.807, 2.05) is 6.07 Å². The predicted molar refractivity (Wildman–Crippen MR) is 74.1 cm³/mol. The Labute approximate surface area is 117 Å². The lowest BCUT2D eigenvalue weighted by atomic mass is 10.2. The maximum Gasteiger partial charge on any atom is 0.321 e. The Morgan fingerprint density at radius 3 is 2.85 bits per heavy atom. The standard InChI is InChI=1S/C14H17N3O3/c1-3-20-13(18)7-8-17(2)14(19)16-12-6-4-5-11(9-12)10-15/h4-6,9H,3,7-8H2,1-2H3,(H,16,19). The number of nitrogens with zero attached hydrogens (tertiary/aromatic N) is 2. The van der Waals surface area contributed by atoms with E-state index in [-0.39, 0.29) is 25.0 Å². The summed E-state index contributed by atoms with van der Waals surface area (Å²) in [6.07, 6.45) is 0.149. The van der Waals surface area contributed by atoms with Crippen LogP contribution in [0.15, 0.2) is 24.3 Å². The minimum Gasteiger partial charge on any atom is -0.466 e. The van der Waals surface area contributed by atoms with Crippen molar-refractivity contribution in [3.8, 4) is 6.07 Å². The summed E-state index contributed by atoms with van der Waals surface area (Å²) >= 11 is 0. The van der Waals surface area contributed by atoms with Crippen molar-refractivity contribution in [3.05, 3.63) is 29.8 Å². The van der Waals surface area contributed by atoms with E-state index in [0.29, 0.717) is 17.9 Å². The number of esters is 1. The van der Waals surface area contributed by atoms with Gasteiger partial charge in [-0.25, -0.2) is 4.79 Å². The van der Waals surface area contributed by atoms with Crippen LogP contribution in [0.4, 0.5) is 10.5 Å². The molecule has 0 aliphatic rings. The number of nitriles is 1. The van der Waals surface area contributed by atoms with Crippen LogP contribution in [0.1, 0.15) is 18.9 Å². The molecule has 1 rings (SSSR count). The number of ether oxygens (including phenoxy) is 1. The molecule has 1 N–H and O–H groups in total. The molecule has 1 aromatic carbocycles. The molecule has 0 unspecified atom stereocenters. The van der Waals surface area contributed by atoms with E-state index in [4.69, 9.17) is 10.00 Å². The first-order valence-corrected chi connectivity index (χ1v) is 6.24. The Balaban J connectivity index is 2.49. The molecule has 0 aliphatic heterocycles. The third-order valence-corrected chi connectivity index (χ3v) is 2.55. The maximum absolute atomic E-state index is 11.9. The molecule has 0 spiro atoms. The molecular formula is C14H17N3O3. The van der Waals surface area contributed by atoms with Gasteiger partial charge in [-0.15, -0.1) is 0 Å². The van der Waals surface area contributed by atoms with Gasteiger partial charge in [0.2, 0.25) is 0 Å². The van der Waals surface area contributed by atoms with Crippen molar-refractivity contribution in [2.75, 3.05) is 25.5 Å². The fraction of sp³-hybridized carbons (Fsp3) is 0.357. The van der Waals surface area contributed by atoms with Gasteiger partial charge >= 0.3 is 12.0 Å². The fourth-order valence-electron chi connectivity index (χ4n) is 1.48. The van der Waals surface area contributed by atoms with Crippen LogP contribution in [0.2, 0.25) is 0 Å². The Hall–Kier alpha value is -2.55. The van der Waals surface area contributed by atoms with E-state index in [2.05, 4.69) is 5.32 Å². The van der Waals surface area contributed by atoms with Crippen molar-refractivity contribution in [2.45, 2.75) is 13.3 Å². The van der Waals surface area contributed by atoms with Crippen LogP contribution >= 0.6 is 0 Å². The zero-order valence-corrected chi connectivity index (χ0v) is 11.5. The van der Waals surface area contributed by atoms with Crippen LogP contribution in [0.25, 0.3) is 0 Å². The number of amides is 2. The molecule has 0 fully saturated rings. The first-order chi connectivity index (χ1) is 9.56. The van der Waals surface area contributed by atoms with Crippen molar-refractivity contribution in [1.82, 2.24) is 4.90 Å². The van der Waals surface area contributed by atoms with Gasteiger partial charge in [0.05, 0.1) is 24.7 Å². The van der Waals surface area contributed by atoms with Gasteiger partial charge in [-0.2, -0.15) is 5.26 Å². The highest BCUT2D eigenvalue weighted by Gasteiger charge is 2.11. The number of hydrogen-bond donors (Lipinski definition) is 1. The Morgan fingerprint density at radius 2 is 2.20 bits per heavy atom. The van der Waals surface area contributed by atoms with E-state index < -0.39 is 0 Å². The molecule has 1 aromatic rings. The zero-order valence-electron chi connectivity index (χ0n) is 11.5. The van der Waals surface area contributed by atoms with E-state index in [1.165, 1.54) is 4.90 Å². The molecule has 106 valence electrons. The topological polar surface area (TPSA) is 82.4 Å². The lowest BCUT2D eigenvalue weighted by molar-refractivity contribution is -0.143. The van der Waals surface area contributed by atoms with E-state index in [0.717, 1.165) is 0 Å². The number of benzene rings is 1. The van der Waals surface area contributed by atoms with Crippen LogP contribution in [-0.2, 0) is 9.53 Å². The summed E-state index contributed by atoms with van der Waals surface area (Å²) in [6.45, 7) is 2.33. The van der Waals surface area contributed by atoms with Gasteiger partial charge in [0.25, 0.3) is 0 Å². The van der Waals surface area contributed by atoms with Crippen molar-refractivity contribution >= 4 is 17.7 Å². The van der Waals surface area contributed by atoms with Gasteiger partial charge in [-0.1, -0.05) is 6.07 Å². The first kappa shape index (κ1) is 15.5. The fourth-order valence-corrected chi connectivity index (χ4v) is 1.48. The number of anilines is 1.